The van der Waals surface area contributed by atoms with Crippen molar-refractivity contribution in [2.24, 2.45) is 0 Å². The van der Waals surface area contributed by atoms with Crippen LogP contribution in [0.4, 0.5) is 5.69 Å². The summed E-state index contributed by atoms with van der Waals surface area (Å²) >= 11 is 0. The first-order valence-corrected chi connectivity index (χ1v) is 6.15. The molecule has 0 radical (unpaired) electrons. The van der Waals surface area contributed by atoms with Crippen LogP contribution in [-0.2, 0) is 14.3 Å². The maximum absolute atomic E-state index is 11.6. The number of H-pyrrole nitrogens is 1. The highest BCUT2D eigenvalue weighted by atomic mass is 16.5. The van der Waals surface area contributed by atoms with E-state index in [1.54, 1.807) is 24.5 Å². The number of carbonyl (C=O) groups is 2. The average molecular weight is 273 g/mol. The summed E-state index contributed by atoms with van der Waals surface area (Å²) in [6.45, 7) is 0. The lowest BCUT2D eigenvalue weighted by molar-refractivity contribution is -0.141. The maximum Gasteiger partial charge on any atom is 0.306 e. The van der Waals surface area contributed by atoms with Crippen LogP contribution in [0.2, 0.25) is 0 Å². The molecule has 0 spiro atoms. The molecule has 2 rings (SSSR count). The maximum atomic E-state index is 11.6. The van der Waals surface area contributed by atoms with E-state index >= 15 is 0 Å². The minimum absolute atomic E-state index is 0.0762. The molecule has 104 valence electrons. The van der Waals surface area contributed by atoms with Gasteiger partial charge in [-0.25, -0.2) is 4.98 Å². The van der Waals surface area contributed by atoms with Crippen molar-refractivity contribution in [3.63, 3.8) is 0 Å². The van der Waals surface area contributed by atoms with Crippen molar-refractivity contribution < 1.29 is 14.3 Å². The molecule has 6 heteroatoms. The molecular weight excluding hydrogens is 258 g/mol. The van der Waals surface area contributed by atoms with Crippen LogP contribution in [0.3, 0.4) is 0 Å². The van der Waals surface area contributed by atoms with Crippen LogP contribution < -0.4 is 5.32 Å². The third kappa shape index (κ3) is 3.68. The van der Waals surface area contributed by atoms with E-state index in [1.807, 2.05) is 12.1 Å². The van der Waals surface area contributed by atoms with Gasteiger partial charge < -0.3 is 15.0 Å². The second-order valence-corrected chi connectivity index (χ2v) is 4.14. The van der Waals surface area contributed by atoms with E-state index in [1.165, 1.54) is 7.11 Å². The Kier molecular flexibility index (Phi) is 4.49. The summed E-state index contributed by atoms with van der Waals surface area (Å²) in [5.41, 5.74) is 1.61. The molecule has 2 N–H and O–H groups in total. The first kappa shape index (κ1) is 13.8. The monoisotopic (exact) mass is 273 g/mol. The largest absolute Gasteiger partial charge is 0.469 e. The average Bonchev–Trinajstić information content (AvgIpc) is 2.99. The molecule has 0 fully saturated rings. The number of benzene rings is 1. The second-order valence-electron chi connectivity index (χ2n) is 4.14. The Hall–Kier alpha value is -2.63. The smallest absolute Gasteiger partial charge is 0.306 e. The van der Waals surface area contributed by atoms with Crippen molar-refractivity contribution in [2.45, 2.75) is 12.8 Å². The predicted molar refractivity (Wildman–Crippen MR) is 73.9 cm³/mol. The molecule has 2 aromatic rings. The Bertz CT molecular complexity index is 576. The van der Waals surface area contributed by atoms with Gasteiger partial charge in [0.15, 0.2) is 0 Å². The number of aromatic nitrogens is 2. The number of amides is 1. The number of rotatable bonds is 5. The summed E-state index contributed by atoms with van der Waals surface area (Å²) in [6, 6.07) is 7.28. The highest BCUT2D eigenvalue weighted by Gasteiger charge is 2.07. The number of nitrogens with one attached hydrogen (secondary N) is 2. The summed E-state index contributed by atoms with van der Waals surface area (Å²) in [7, 11) is 1.30. The number of aromatic amines is 1. The molecule has 20 heavy (non-hydrogen) atoms. The molecule has 0 unspecified atom stereocenters. The van der Waals surface area contributed by atoms with Gasteiger partial charge in [-0.2, -0.15) is 0 Å². The molecule has 1 aromatic carbocycles. The summed E-state index contributed by atoms with van der Waals surface area (Å²) < 4.78 is 4.48. The van der Waals surface area contributed by atoms with Crippen molar-refractivity contribution in [3.05, 3.63) is 36.7 Å². The van der Waals surface area contributed by atoms with Crippen molar-refractivity contribution in [1.29, 1.82) is 0 Å². The van der Waals surface area contributed by atoms with Gasteiger partial charge in [0, 0.05) is 30.1 Å². The number of imidazole rings is 1. The van der Waals surface area contributed by atoms with E-state index < -0.39 is 5.97 Å². The number of ether oxygens (including phenoxy) is 1. The van der Waals surface area contributed by atoms with Crippen molar-refractivity contribution >= 4 is 17.6 Å². The van der Waals surface area contributed by atoms with Crippen LogP contribution in [0.25, 0.3) is 11.4 Å². The molecule has 0 aliphatic heterocycles. The normalized spacial score (nSPS) is 10.1. The van der Waals surface area contributed by atoms with Gasteiger partial charge in [0.05, 0.1) is 13.5 Å². The minimum Gasteiger partial charge on any atom is -0.469 e. The second kappa shape index (κ2) is 6.51. The Labute approximate surface area is 116 Å². The zero-order valence-corrected chi connectivity index (χ0v) is 11.1. The van der Waals surface area contributed by atoms with E-state index in [4.69, 9.17) is 0 Å². The Morgan fingerprint density at radius 2 is 2.00 bits per heavy atom. The highest BCUT2D eigenvalue weighted by Crippen LogP contribution is 2.17. The van der Waals surface area contributed by atoms with Gasteiger partial charge in [0.2, 0.25) is 5.91 Å². The van der Waals surface area contributed by atoms with E-state index in [-0.39, 0.29) is 18.7 Å². The summed E-state index contributed by atoms with van der Waals surface area (Å²) in [5, 5.41) is 2.72. The van der Waals surface area contributed by atoms with Crippen molar-refractivity contribution in [3.8, 4) is 11.4 Å². The number of hydrogen-bond donors (Lipinski definition) is 2. The molecule has 1 heterocycles. The van der Waals surface area contributed by atoms with Crippen LogP contribution in [0.5, 0.6) is 0 Å². The SMILES string of the molecule is COC(=O)CCC(=O)Nc1ccc(-c2ncc[nH]2)cc1. The lowest BCUT2D eigenvalue weighted by Gasteiger charge is -2.05. The Morgan fingerprint density at radius 3 is 2.60 bits per heavy atom. The number of nitrogens with zero attached hydrogens (tertiary/aromatic N) is 1. The predicted octanol–water partition coefficient (Wildman–Crippen LogP) is 1.97. The molecule has 0 saturated carbocycles. The number of carbonyl (C=O) groups excluding carboxylic acids is 2. The van der Waals surface area contributed by atoms with Crippen molar-refractivity contribution in [2.75, 3.05) is 12.4 Å². The van der Waals surface area contributed by atoms with Crippen LogP contribution in [0.15, 0.2) is 36.7 Å². The third-order valence-corrected chi connectivity index (χ3v) is 2.72. The number of methoxy groups -OCH3 is 1. The fraction of sp³-hybridized carbons (Fsp3) is 0.214. The van der Waals surface area contributed by atoms with Crippen LogP contribution in [0, 0.1) is 0 Å². The van der Waals surface area contributed by atoms with E-state index in [2.05, 4.69) is 20.0 Å². The number of anilines is 1. The fourth-order valence-electron chi connectivity index (χ4n) is 1.68. The Morgan fingerprint density at radius 1 is 1.25 bits per heavy atom. The summed E-state index contributed by atoms with van der Waals surface area (Å²) in [6.07, 6.45) is 3.61. The summed E-state index contributed by atoms with van der Waals surface area (Å²) in [4.78, 5) is 29.7. The molecule has 0 aliphatic carbocycles. The molecule has 1 amide bonds. The van der Waals surface area contributed by atoms with Crippen LogP contribution in [-0.4, -0.2) is 29.0 Å². The molecular formula is C14H15N3O3. The van der Waals surface area contributed by atoms with Gasteiger partial charge in [0.25, 0.3) is 0 Å². The fourth-order valence-corrected chi connectivity index (χ4v) is 1.68. The van der Waals surface area contributed by atoms with Gasteiger partial charge >= 0.3 is 5.97 Å². The quantitative estimate of drug-likeness (QED) is 0.816. The van der Waals surface area contributed by atoms with Gasteiger partial charge in [-0.1, -0.05) is 0 Å². The molecule has 0 saturated heterocycles. The standard InChI is InChI=1S/C14H15N3O3/c1-20-13(19)7-6-12(18)17-11-4-2-10(3-5-11)14-15-8-9-16-14/h2-5,8-9H,6-7H2,1H3,(H,15,16)(H,17,18). The number of esters is 1. The molecule has 1 aromatic heterocycles. The third-order valence-electron chi connectivity index (χ3n) is 2.72. The van der Waals surface area contributed by atoms with E-state index in [0.29, 0.717) is 5.69 Å². The van der Waals surface area contributed by atoms with E-state index in [9.17, 15) is 9.59 Å². The summed E-state index contributed by atoms with van der Waals surface area (Å²) in [5.74, 6) is 0.156. The highest BCUT2D eigenvalue weighted by molar-refractivity contribution is 5.92. The molecule has 0 atom stereocenters. The minimum atomic E-state index is -0.395. The van der Waals surface area contributed by atoms with Gasteiger partial charge in [-0.05, 0) is 24.3 Å². The molecule has 0 bridgehead atoms. The first-order valence-electron chi connectivity index (χ1n) is 6.15. The van der Waals surface area contributed by atoms with Crippen molar-refractivity contribution in [1.82, 2.24) is 9.97 Å². The topological polar surface area (TPSA) is 84.1 Å². The first-order chi connectivity index (χ1) is 9.69. The van der Waals surface area contributed by atoms with Gasteiger partial charge in [-0.3, -0.25) is 9.59 Å². The zero-order chi connectivity index (χ0) is 14.4. The van der Waals surface area contributed by atoms with Crippen LogP contribution >= 0.6 is 0 Å². The zero-order valence-electron chi connectivity index (χ0n) is 11.1. The number of hydrogen-bond acceptors (Lipinski definition) is 4. The van der Waals surface area contributed by atoms with Crippen LogP contribution in [0.1, 0.15) is 12.8 Å². The van der Waals surface area contributed by atoms with Gasteiger partial charge in [0.1, 0.15) is 5.82 Å². The lowest BCUT2D eigenvalue weighted by atomic mass is 10.2. The molecule has 0 aliphatic rings. The van der Waals surface area contributed by atoms with E-state index in [0.717, 1.165) is 11.4 Å². The Balaban J connectivity index is 1.90. The molecule has 6 nitrogen and oxygen atoms in total. The lowest BCUT2D eigenvalue weighted by Crippen LogP contribution is -2.13. The van der Waals surface area contributed by atoms with Gasteiger partial charge in [-0.15, -0.1) is 0 Å².